The summed E-state index contributed by atoms with van der Waals surface area (Å²) < 4.78 is 244. The third-order valence-corrected chi connectivity index (χ3v) is 5.25. The van der Waals surface area contributed by atoms with Crippen LogP contribution in [0.15, 0.2) is 54.6 Å². The van der Waals surface area contributed by atoms with E-state index in [4.69, 9.17) is 0 Å². The standard InChI is InChI=1S/C20H9F18N4/c21-13(22,14(23,24)15(25,26)18(31,32)33)10-5-4-8-12(9-10)42(40-39)41(11-6-2-1-3-7-11)20(37,38)17(29,30)16(27,28)19(34,35)36/h1-9H/q+1. The first-order chi connectivity index (χ1) is 18.6. The first-order valence-electron chi connectivity index (χ1n) is 10.2. The van der Waals surface area contributed by atoms with Crippen molar-refractivity contribution >= 4 is 11.4 Å². The van der Waals surface area contributed by atoms with Gasteiger partial charge in [-0.1, -0.05) is 30.3 Å². The molecule has 0 bridgehead atoms. The number of hydrazine groups is 1. The first-order valence-corrected chi connectivity index (χ1v) is 10.2. The van der Waals surface area contributed by atoms with Crippen molar-refractivity contribution in [3.8, 4) is 0 Å². The Morgan fingerprint density at radius 2 is 0.929 bits per heavy atom. The molecule has 0 radical (unpaired) electrons. The summed E-state index contributed by atoms with van der Waals surface area (Å²) in [5.74, 6) is -36.5. The summed E-state index contributed by atoms with van der Waals surface area (Å²) in [7, 11) is 0. The molecule has 2 aromatic carbocycles. The molecule has 0 aliphatic carbocycles. The number of hydrogen-bond donors (Lipinski definition) is 0. The lowest BCUT2D eigenvalue weighted by molar-refractivity contribution is -0.399. The zero-order chi connectivity index (χ0) is 33.0. The van der Waals surface area contributed by atoms with Crippen molar-refractivity contribution < 1.29 is 79.0 Å². The van der Waals surface area contributed by atoms with Gasteiger partial charge >= 0.3 is 53.1 Å². The van der Waals surface area contributed by atoms with Crippen molar-refractivity contribution in [2.24, 2.45) is 0 Å². The minimum atomic E-state index is -7.57. The molecule has 0 unspecified atom stereocenters. The molecule has 22 heteroatoms. The normalized spacial score (nSPS) is 14.4. The van der Waals surface area contributed by atoms with E-state index in [1.807, 2.05) is 5.08 Å². The van der Waals surface area contributed by atoms with Gasteiger partial charge in [-0.2, -0.15) is 79.0 Å². The van der Waals surface area contributed by atoms with Gasteiger partial charge in [0.2, 0.25) is 0 Å². The molecule has 0 saturated heterocycles. The zero-order valence-electron chi connectivity index (χ0n) is 19.3. The lowest BCUT2D eigenvalue weighted by Crippen LogP contribution is -2.69. The molecule has 0 heterocycles. The molecule has 0 fully saturated rings. The van der Waals surface area contributed by atoms with E-state index in [1.165, 1.54) is 0 Å². The Bertz CT molecular complexity index is 1300. The van der Waals surface area contributed by atoms with Crippen LogP contribution in [0.2, 0.25) is 0 Å². The van der Waals surface area contributed by atoms with E-state index in [9.17, 15) is 75.6 Å². The summed E-state index contributed by atoms with van der Waals surface area (Å²) in [4.78, 5) is 0. The second-order valence-electron chi connectivity index (χ2n) is 7.99. The number of benzene rings is 2. The highest BCUT2D eigenvalue weighted by Gasteiger charge is 2.85. The molecule has 0 aliphatic rings. The van der Waals surface area contributed by atoms with E-state index in [-0.39, 0.29) is 30.3 Å². The Balaban J connectivity index is 2.83. The van der Waals surface area contributed by atoms with Crippen LogP contribution in [0.5, 0.6) is 0 Å². The average Bonchev–Trinajstić information content (AvgIpc) is 2.85. The minimum absolute atomic E-state index is 0.00233. The molecule has 0 spiro atoms. The number of alkyl halides is 18. The summed E-state index contributed by atoms with van der Waals surface area (Å²) in [6, 6.07) is -5.06. The predicted molar refractivity (Wildman–Crippen MR) is 104 cm³/mol. The number of halogens is 18. The summed E-state index contributed by atoms with van der Waals surface area (Å²) in [5, 5.41) is 8.24. The highest BCUT2D eigenvalue weighted by molar-refractivity contribution is 5.61. The Morgan fingerprint density at radius 1 is 0.500 bits per heavy atom. The molecule has 0 aromatic heterocycles. The lowest BCUT2D eigenvalue weighted by atomic mass is 9.96. The largest absolute Gasteiger partial charge is 0.460 e. The number of nitrogens with zero attached hydrogens (tertiary/aromatic N) is 4. The van der Waals surface area contributed by atoms with Crippen molar-refractivity contribution in [3.63, 3.8) is 0 Å². The van der Waals surface area contributed by atoms with Crippen molar-refractivity contribution in [2.75, 3.05) is 10.1 Å². The quantitative estimate of drug-likeness (QED) is 0.118. The topological polar surface area (TPSA) is 34.6 Å². The summed E-state index contributed by atoms with van der Waals surface area (Å²) in [6.45, 7) is 0. The van der Waals surface area contributed by atoms with Gasteiger partial charge in [0.1, 0.15) is 10.8 Å². The van der Waals surface area contributed by atoms with Crippen LogP contribution < -0.4 is 10.1 Å². The molecular weight excluding hydrogens is 638 g/mol. The van der Waals surface area contributed by atoms with E-state index in [2.05, 4.69) is 0 Å². The van der Waals surface area contributed by atoms with Gasteiger partial charge in [0.15, 0.2) is 0 Å². The highest BCUT2D eigenvalue weighted by Crippen LogP contribution is 2.58. The molecule has 0 N–H and O–H groups in total. The van der Waals surface area contributed by atoms with E-state index in [0.29, 0.717) is 12.1 Å². The summed E-state index contributed by atoms with van der Waals surface area (Å²) in [5.41, 5.74) is -6.02. The molecule has 234 valence electrons. The van der Waals surface area contributed by atoms with E-state index in [0.717, 1.165) is 6.07 Å². The van der Waals surface area contributed by atoms with Crippen LogP contribution in [0.4, 0.5) is 90.4 Å². The van der Waals surface area contributed by atoms with Gasteiger partial charge in [-0.05, 0) is 24.3 Å². The van der Waals surface area contributed by atoms with Crippen LogP contribution in [0.3, 0.4) is 0 Å². The maximum Gasteiger partial charge on any atom is 0.460 e. The third kappa shape index (κ3) is 5.05. The molecular formula is C20H9F18N4+. The molecule has 42 heavy (non-hydrogen) atoms. The van der Waals surface area contributed by atoms with Crippen LogP contribution in [0.1, 0.15) is 5.56 Å². The predicted octanol–water partition coefficient (Wildman–Crippen LogP) is 9.03. The number of para-hydroxylation sites is 1. The third-order valence-electron chi connectivity index (χ3n) is 5.25. The molecule has 2 aromatic rings. The van der Waals surface area contributed by atoms with Gasteiger partial charge in [-0.25, -0.2) is 0 Å². The fourth-order valence-corrected chi connectivity index (χ4v) is 3.05. The van der Waals surface area contributed by atoms with Crippen LogP contribution in [-0.4, -0.2) is 42.1 Å². The Labute approximate surface area is 220 Å². The molecule has 4 nitrogen and oxygen atoms in total. The molecule has 0 saturated carbocycles. The summed E-state index contributed by atoms with van der Waals surface area (Å²) >= 11 is 0. The van der Waals surface area contributed by atoms with E-state index in [1.54, 1.807) is 0 Å². The fourth-order valence-electron chi connectivity index (χ4n) is 3.05. The van der Waals surface area contributed by atoms with Crippen LogP contribution in [0, 0.1) is 5.39 Å². The van der Waals surface area contributed by atoms with Crippen LogP contribution in [0.25, 0.3) is 5.08 Å². The van der Waals surface area contributed by atoms with Gasteiger partial charge in [-0.3, -0.25) is 0 Å². The minimum Gasteiger partial charge on any atom is -0.194 e. The maximum atomic E-state index is 15.0. The van der Waals surface area contributed by atoms with Crippen LogP contribution in [-0.2, 0) is 5.92 Å². The monoisotopic (exact) mass is 647 g/mol. The Kier molecular flexibility index (Phi) is 8.34. The molecule has 2 rings (SSSR count). The highest BCUT2D eigenvalue weighted by atomic mass is 19.4. The SMILES string of the molecule is N#[N+]N(c1cccc(C(F)(F)C(F)(F)C(F)(F)C(F)(F)F)c1)N(c1ccccc1)C(F)(F)C(F)(F)C(F)(F)C(F)(F)F. The zero-order valence-corrected chi connectivity index (χ0v) is 19.3. The molecule has 0 aliphatic heterocycles. The average molecular weight is 647 g/mol. The first kappa shape index (κ1) is 34.4. The number of diazo groups is 1. The second kappa shape index (κ2) is 10.2. The number of rotatable bonds is 9. The van der Waals surface area contributed by atoms with Crippen molar-refractivity contribution in [3.05, 3.63) is 65.2 Å². The number of hydrogen-bond acceptors (Lipinski definition) is 3. The smallest absolute Gasteiger partial charge is 0.194 e. The number of anilines is 2. The van der Waals surface area contributed by atoms with Crippen molar-refractivity contribution in [2.45, 2.75) is 48.0 Å². The fraction of sp³-hybridized carbons (Fsp3) is 0.400. The van der Waals surface area contributed by atoms with E-state index < -0.39 is 81.1 Å². The van der Waals surface area contributed by atoms with Crippen molar-refractivity contribution in [1.82, 2.24) is 0 Å². The Morgan fingerprint density at radius 3 is 1.36 bits per heavy atom. The lowest BCUT2D eigenvalue weighted by Gasteiger charge is -2.39. The second-order valence-corrected chi connectivity index (χ2v) is 7.99. The van der Waals surface area contributed by atoms with Crippen molar-refractivity contribution in [1.29, 1.82) is 5.39 Å². The maximum absolute atomic E-state index is 15.0. The van der Waals surface area contributed by atoms with E-state index >= 15 is 8.78 Å². The molecule has 0 amide bonds. The van der Waals surface area contributed by atoms with Gasteiger partial charge < -0.3 is 0 Å². The molecule has 0 atom stereocenters. The van der Waals surface area contributed by atoms with Gasteiger partial charge in [0.05, 0.1) is 5.69 Å². The van der Waals surface area contributed by atoms with Gasteiger partial charge in [0.25, 0.3) is 5.39 Å². The van der Waals surface area contributed by atoms with Crippen LogP contribution >= 0.6 is 0 Å². The summed E-state index contributed by atoms with van der Waals surface area (Å²) in [6.07, 6.45) is -14.7. The van der Waals surface area contributed by atoms with Gasteiger partial charge in [0, 0.05) is 5.56 Å². The van der Waals surface area contributed by atoms with Gasteiger partial charge in [-0.15, -0.1) is 5.01 Å². The Hall–Kier alpha value is -3.80.